The van der Waals surface area contributed by atoms with Crippen molar-refractivity contribution in [1.29, 1.82) is 0 Å². The largest absolute Gasteiger partial charge is 0.351 e. The smallest absolute Gasteiger partial charge is 0.266 e. The summed E-state index contributed by atoms with van der Waals surface area (Å²) in [5, 5.41) is 3.91. The summed E-state index contributed by atoms with van der Waals surface area (Å²) in [6, 6.07) is 24.5. The zero-order valence-corrected chi connectivity index (χ0v) is 18.3. The van der Waals surface area contributed by atoms with E-state index in [1.54, 1.807) is 16.7 Å². The first kappa shape index (κ1) is 20.4. The molecule has 0 bridgehead atoms. The summed E-state index contributed by atoms with van der Waals surface area (Å²) >= 11 is 4.66. The molecule has 1 aromatic heterocycles. The van der Waals surface area contributed by atoms with Gasteiger partial charge in [0.2, 0.25) is 5.91 Å². The van der Waals surface area contributed by atoms with Crippen molar-refractivity contribution in [1.82, 2.24) is 14.9 Å². The Morgan fingerprint density at radius 1 is 1.00 bits per heavy atom. The van der Waals surface area contributed by atoms with Crippen molar-refractivity contribution < 1.29 is 4.79 Å². The normalized spacial score (nSPS) is 10.8. The molecule has 0 aliphatic carbocycles. The van der Waals surface area contributed by atoms with Crippen LogP contribution in [0.25, 0.3) is 16.6 Å². The highest BCUT2D eigenvalue weighted by Crippen LogP contribution is 2.23. The zero-order valence-electron chi connectivity index (χ0n) is 15.9. The number of rotatable bonds is 6. The molecular formula is C23H18BrN3O2S. The number of thioether (sulfide) groups is 1. The number of hydrogen-bond acceptors (Lipinski definition) is 4. The Hall–Kier alpha value is -2.90. The van der Waals surface area contributed by atoms with Crippen LogP contribution in [-0.2, 0) is 11.3 Å². The maximum absolute atomic E-state index is 13.2. The highest BCUT2D eigenvalue weighted by atomic mass is 79.9. The lowest BCUT2D eigenvalue weighted by Crippen LogP contribution is -2.26. The molecular weight excluding hydrogens is 462 g/mol. The van der Waals surface area contributed by atoms with Gasteiger partial charge in [-0.2, -0.15) is 0 Å². The van der Waals surface area contributed by atoms with E-state index < -0.39 is 0 Å². The number of halogens is 1. The summed E-state index contributed by atoms with van der Waals surface area (Å²) in [6.45, 7) is 0.463. The lowest BCUT2D eigenvalue weighted by molar-refractivity contribution is -0.118. The number of aromatic nitrogens is 2. The minimum absolute atomic E-state index is 0.117. The fraction of sp³-hybridized carbons (Fsp3) is 0.0870. The van der Waals surface area contributed by atoms with Crippen LogP contribution in [0.2, 0.25) is 0 Å². The second-order valence-electron chi connectivity index (χ2n) is 6.58. The summed E-state index contributed by atoms with van der Waals surface area (Å²) < 4.78 is 2.37. The summed E-state index contributed by atoms with van der Waals surface area (Å²) in [4.78, 5) is 30.3. The van der Waals surface area contributed by atoms with Crippen LogP contribution in [-0.4, -0.2) is 21.2 Å². The Bertz CT molecular complexity index is 1240. The Morgan fingerprint density at radius 3 is 2.43 bits per heavy atom. The van der Waals surface area contributed by atoms with E-state index in [0.29, 0.717) is 28.3 Å². The maximum Gasteiger partial charge on any atom is 0.266 e. The highest BCUT2D eigenvalue weighted by molar-refractivity contribution is 9.10. The fourth-order valence-corrected chi connectivity index (χ4v) is 4.22. The van der Waals surface area contributed by atoms with Crippen molar-refractivity contribution in [3.05, 3.63) is 99.3 Å². The molecule has 0 atom stereocenters. The molecule has 0 aliphatic rings. The van der Waals surface area contributed by atoms with Crippen LogP contribution in [0.3, 0.4) is 0 Å². The van der Waals surface area contributed by atoms with Gasteiger partial charge in [-0.25, -0.2) is 4.98 Å². The van der Waals surface area contributed by atoms with Gasteiger partial charge in [0.15, 0.2) is 5.16 Å². The number of nitrogens with zero attached hydrogens (tertiary/aromatic N) is 2. The molecule has 0 spiro atoms. The van der Waals surface area contributed by atoms with E-state index in [4.69, 9.17) is 0 Å². The summed E-state index contributed by atoms with van der Waals surface area (Å²) in [5.41, 5.74) is 2.18. The molecule has 1 amide bonds. The number of benzene rings is 3. The molecule has 0 unspecified atom stereocenters. The summed E-state index contributed by atoms with van der Waals surface area (Å²) in [5.74, 6) is 0.0438. The maximum atomic E-state index is 13.2. The fourth-order valence-electron chi connectivity index (χ4n) is 3.02. The number of hydrogen-bond donors (Lipinski definition) is 1. The van der Waals surface area contributed by atoms with Gasteiger partial charge < -0.3 is 5.32 Å². The van der Waals surface area contributed by atoms with E-state index in [1.807, 2.05) is 66.7 Å². The van der Waals surface area contributed by atoms with Gasteiger partial charge >= 0.3 is 0 Å². The molecule has 0 aliphatic heterocycles. The van der Waals surface area contributed by atoms with Gasteiger partial charge in [0.05, 0.1) is 22.3 Å². The Morgan fingerprint density at radius 2 is 1.70 bits per heavy atom. The van der Waals surface area contributed by atoms with Gasteiger partial charge in [0, 0.05) is 11.0 Å². The summed E-state index contributed by atoms with van der Waals surface area (Å²) in [6.07, 6.45) is 0. The molecule has 0 saturated heterocycles. The molecule has 1 heterocycles. The first-order valence-electron chi connectivity index (χ1n) is 9.33. The molecule has 3 aromatic carbocycles. The van der Waals surface area contributed by atoms with Crippen LogP contribution in [0.5, 0.6) is 0 Å². The van der Waals surface area contributed by atoms with Crippen LogP contribution >= 0.6 is 27.7 Å². The minimum Gasteiger partial charge on any atom is -0.351 e. The van der Waals surface area contributed by atoms with Crippen molar-refractivity contribution >= 4 is 44.5 Å². The van der Waals surface area contributed by atoms with Crippen LogP contribution < -0.4 is 10.9 Å². The Balaban J connectivity index is 1.62. The molecule has 5 nitrogen and oxygen atoms in total. The molecule has 1 N–H and O–H groups in total. The molecule has 0 fully saturated rings. The number of para-hydroxylation sites is 1. The van der Waals surface area contributed by atoms with E-state index in [-0.39, 0.29) is 17.2 Å². The summed E-state index contributed by atoms with van der Waals surface area (Å²) in [7, 11) is 0. The van der Waals surface area contributed by atoms with Crippen molar-refractivity contribution in [2.24, 2.45) is 0 Å². The number of fused-ring (bicyclic) bond motifs is 1. The first-order valence-corrected chi connectivity index (χ1v) is 11.1. The third kappa shape index (κ3) is 4.63. The van der Waals surface area contributed by atoms with E-state index in [2.05, 4.69) is 26.2 Å². The Labute approximate surface area is 186 Å². The average molecular weight is 480 g/mol. The van der Waals surface area contributed by atoms with Gasteiger partial charge in [0.25, 0.3) is 5.56 Å². The van der Waals surface area contributed by atoms with Crippen molar-refractivity contribution in [3.63, 3.8) is 0 Å². The lowest BCUT2D eigenvalue weighted by atomic mass is 10.2. The zero-order chi connectivity index (χ0) is 20.9. The van der Waals surface area contributed by atoms with Gasteiger partial charge in [-0.3, -0.25) is 14.2 Å². The molecule has 0 radical (unpaired) electrons. The third-order valence-electron chi connectivity index (χ3n) is 4.48. The number of amides is 1. The van der Waals surface area contributed by atoms with Gasteiger partial charge in [-0.15, -0.1) is 0 Å². The lowest BCUT2D eigenvalue weighted by Gasteiger charge is -2.13. The van der Waals surface area contributed by atoms with Crippen LogP contribution in [0, 0.1) is 0 Å². The number of carbonyl (C=O) groups is 1. The highest BCUT2D eigenvalue weighted by Gasteiger charge is 2.15. The molecule has 30 heavy (non-hydrogen) atoms. The SMILES string of the molecule is O=C(CSc1nc2ccc(Br)cc2c(=O)n1-c1ccccc1)NCc1ccccc1. The standard InChI is InChI=1S/C23H18BrN3O2S/c24-17-11-12-20-19(13-17)22(29)27(18-9-5-2-6-10-18)23(26-20)30-15-21(28)25-14-16-7-3-1-4-8-16/h1-13H,14-15H2,(H,25,28). The minimum atomic E-state index is -0.167. The second-order valence-corrected chi connectivity index (χ2v) is 8.44. The van der Waals surface area contributed by atoms with E-state index in [1.165, 1.54) is 11.8 Å². The van der Waals surface area contributed by atoms with Gasteiger partial charge in [0.1, 0.15) is 0 Å². The van der Waals surface area contributed by atoms with Crippen molar-refractivity contribution in [2.45, 2.75) is 11.7 Å². The quantitative estimate of drug-likeness (QED) is 0.325. The monoisotopic (exact) mass is 479 g/mol. The van der Waals surface area contributed by atoms with Crippen LogP contribution in [0.15, 0.2) is 93.3 Å². The second kappa shape index (κ2) is 9.28. The van der Waals surface area contributed by atoms with Crippen LogP contribution in [0.1, 0.15) is 5.56 Å². The molecule has 150 valence electrons. The topological polar surface area (TPSA) is 64.0 Å². The van der Waals surface area contributed by atoms with Crippen LogP contribution in [0.4, 0.5) is 0 Å². The van der Waals surface area contributed by atoms with Crippen molar-refractivity contribution in [2.75, 3.05) is 5.75 Å². The Kier molecular flexibility index (Phi) is 6.30. The predicted octanol–water partition coefficient (Wildman–Crippen LogP) is 4.56. The van der Waals surface area contributed by atoms with E-state index in [0.717, 1.165) is 10.0 Å². The molecule has 4 aromatic rings. The van der Waals surface area contributed by atoms with Crippen molar-refractivity contribution in [3.8, 4) is 5.69 Å². The average Bonchev–Trinajstić information content (AvgIpc) is 2.78. The van der Waals surface area contributed by atoms with E-state index in [9.17, 15) is 9.59 Å². The number of carbonyl (C=O) groups excluding carboxylic acids is 1. The molecule has 0 saturated carbocycles. The first-order chi connectivity index (χ1) is 14.6. The van der Waals surface area contributed by atoms with Gasteiger partial charge in [-0.05, 0) is 35.9 Å². The van der Waals surface area contributed by atoms with Gasteiger partial charge in [-0.1, -0.05) is 76.2 Å². The molecule has 4 rings (SSSR count). The number of nitrogens with one attached hydrogen (secondary N) is 1. The predicted molar refractivity (Wildman–Crippen MR) is 124 cm³/mol. The molecule has 7 heteroatoms. The third-order valence-corrected chi connectivity index (χ3v) is 5.91. The van der Waals surface area contributed by atoms with E-state index >= 15 is 0 Å².